The van der Waals surface area contributed by atoms with Crippen LogP contribution in [0.2, 0.25) is 0 Å². The maximum absolute atomic E-state index is 3.77. The summed E-state index contributed by atoms with van der Waals surface area (Å²) in [4.78, 5) is 4.15. The summed E-state index contributed by atoms with van der Waals surface area (Å²) in [6, 6.07) is 3.53. The van der Waals surface area contributed by atoms with Gasteiger partial charge in [0.05, 0.1) is 0 Å². The first kappa shape index (κ1) is 16.5. The van der Waals surface area contributed by atoms with Crippen LogP contribution in [0.25, 0.3) is 0 Å². The van der Waals surface area contributed by atoms with Crippen molar-refractivity contribution in [3.63, 3.8) is 0 Å². The third-order valence-corrected chi connectivity index (χ3v) is 5.86. The zero-order chi connectivity index (χ0) is 14.8. The minimum Gasteiger partial charge on any atom is -0.311 e. The third-order valence-electron chi connectivity index (χ3n) is 4.18. The van der Waals surface area contributed by atoms with E-state index in [9.17, 15) is 0 Å². The number of nitrogens with one attached hydrogen (secondary N) is 1. The fraction of sp³-hybridized carbons (Fsp3) is 0.750. The molecule has 0 aliphatic carbocycles. The lowest BCUT2D eigenvalue weighted by molar-refractivity contribution is 0.0756. The second-order valence-corrected chi connectivity index (χ2v) is 8.84. The van der Waals surface area contributed by atoms with E-state index in [0.717, 1.165) is 19.6 Å². The summed E-state index contributed by atoms with van der Waals surface area (Å²) in [7, 11) is 0. The van der Waals surface area contributed by atoms with E-state index < -0.39 is 0 Å². The van der Waals surface area contributed by atoms with Gasteiger partial charge in [0.1, 0.15) is 0 Å². The van der Waals surface area contributed by atoms with Crippen LogP contribution in [-0.2, 0) is 6.54 Å². The van der Waals surface area contributed by atoms with Gasteiger partial charge in [-0.1, -0.05) is 34.1 Å². The number of rotatable bonds is 4. The van der Waals surface area contributed by atoms with Gasteiger partial charge in [0, 0.05) is 46.4 Å². The van der Waals surface area contributed by atoms with Gasteiger partial charge in [0.2, 0.25) is 0 Å². The fourth-order valence-electron chi connectivity index (χ4n) is 2.88. The van der Waals surface area contributed by atoms with Crippen molar-refractivity contribution in [1.29, 1.82) is 0 Å². The Kier molecular flexibility index (Phi) is 5.69. The molecule has 2 nitrogen and oxygen atoms in total. The average Bonchev–Trinajstić information content (AvgIpc) is 2.76. The molecular weight excluding hydrogens is 332 g/mol. The molecule has 2 rings (SSSR count). The van der Waals surface area contributed by atoms with Crippen LogP contribution in [0, 0.1) is 5.41 Å². The zero-order valence-electron chi connectivity index (χ0n) is 13.1. The van der Waals surface area contributed by atoms with Gasteiger partial charge >= 0.3 is 0 Å². The van der Waals surface area contributed by atoms with Crippen molar-refractivity contribution in [1.82, 2.24) is 10.2 Å². The van der Waals surface area contributed by atoms with E-state index in [0.29, 0.717) is 17.5 Å². The summed E-state index contributed by atoms with van der Waals surface area (Å²) in [5.74, 6) is 0. The second kappa shape index (κ2) is 6.91. The number of halogens is 1. The quantitative estimate of drug-likeness (QED) is 0.852. The van der Waals surface area contributed by atoms with Crippen molar-refractivity contribution >= 4 is 27.3 Å². The molecule has 114 valence electrons. The molecule has 0 spiro atoms. The van der Waals surface area contributed by atoms with Crippen LogP contribution >= 0.6 is 27.3 Å². The summed E-state index contributed by atoms with van der Waals surface area (Å²) in [6.45, 7) is 12.7. The highest BCUT2D eigenvalue weighted by Gasteiger charge is 2.33. The van der Waals surface area contributed by atoms with Crippen molar-refractivity contribution in [2.75, 3.05) is 13.1 Å². The molecule has 0 radical (unpaired) electrons. The van der Waals surface area contributed by atoms with E-state index in [-0.39, 0.29) is 0 Å². The molecule has 20 heavy (non-hydrogen) atoms. The standard InChI is InChI=1S/C16H27BrN2S/c1-5-6-13-8-18-15(16(2,3)4)10-19(13)9-14-7-12(17)11-20-14/h7,11,13,15,18H,5-6,8-10H2,1-4H3. The Morgan fingerprint density at radius 2 is 2.20 bits per heavy atom. The van der Waals surface area contributed by atoms with Crippen LogP contribution in [0.3, 0.4) is 0 Å². The molecule has 1 aliphatic rings. The first-order valence-electron chi connectivity index (χ1n) is 7.60. The molecule has 1 fully saturated rings. The molecule has 2 unspecified atom stereocenters. The summed E-state index contributed by atoms with van der Waals surface area (Å²) in [6.07, 6.45) is 2.55. The van der Waals surface area contributed by atoms with Crippen LogP contribution in [0.1, 0.15) is 45.4 Å². The Balaban J connectivity index is 2.06. The number of hydrogen-bond donors (Lipinski definition) is 1. The maximum atomic E-state index is 3.77. The molecule has 1 N–H and O–H groups in total. The number of nitrogens with zero attached hydrogens (tertiary/aromatic N) is 1. The van der Waals surface area contributed by atoms with E-state index >= 15 is 0 Å². The van der Waals surface area contributed by atoms with Crippen molar-refractivity contribution in [2.45, 2.75) is 59.2 Å². The molecule has 1 saturated heterocycles. The van der Waals surface area contributed by atoms with Gasteiger partial charge in [-0.2, -0.15) is 0 Å². The van der Waals surface area contributed by atoms with Crippen molar-refractivity contribution in [3.8, 4) is 0 Å². The van der Waals surface area contributed by atoms with Gasteiger partial charge in [0.25, 0.3) is 0 Å². The van der Waals surface area contributed by atoms with Gasteiger partial charge in [-0.05, 0) is 33.8 Å². The zero-order valence-corrected chi connectivity index (χ0v) is 15.5. The molecule has 2 atom stereocenters. The molecular formula is C16H27BrN2S. The van der Waals surface area contributed by atoms with Crippen LogP contribution < -0.4 is 5.32 Å². The lowest BCUT2D eigenvalue weighted by Gasteiger charge is -2.45. The smallest absolute Gasteiger partial charge is 0.0332 e. The predicted molar refractivity (Wildman–Crippen MR) is 92.4 cm³/mol. The van der Waals surface area contributed by atoms with Gasteiger partial charge in [0.15, 0.2) is 0 Å². The van der Waals surface area contributed by atoms with E-state index in [2.05, 4.69) is 65.3 Å². The topological polar surface area (TPSA) is 15.3 Å². The van der Waals surface area contributed by atoms with Crippen LogP contribution in [0.4, 0.5) is 0 Å². The van der Waals surface area contributed by atoms with Gasteiger partial charge in [-0.25, -0.2) is 0 Å². The summed E-state index contributed by atoms with van der Waals surface area (Å²) >= 11 is 5.43. The SMILES string of the molecule is CCCC1CNC(C(C)(C)C)CN1Cc1cc(Br)cs1. The third kappa shape index (κ3) is 4.30. The van der Waals surface area contributed by atoms with Crippen LogP contribution in [0.15, 0.2) is 15.9 Å². The van der Waals surface area contributed by atoms with E-state index in [1.165, 1.54) is 22.2 Å². The van der Waals surface area contributed by atoms with Crippen LogP contribution in [0.5, 0.6) is 0 Å². The molecule has 0 aromatic carbocycles. The first-order chi connectivity index (χ1) is 9.40. The van der Waals surface area contributed by atoms with E-state index in [1.54, 1.807) is 0 Å². The molecule has 0 bridgehead atoms. The van der Waals surface area contributed by atoms with Crippen molar-refractivity contribution in [3.05, 3.63) is 20.8 Å². The van der Waals surface area contributed by atoms with Crippen molar-refractivity contribution in [2.24, 2.45) is 5.41 Å². The largest absolute Gasteiger partial charge is 0.311 e. The number of thiophene rings is 1. The Hall–Kier alpha value is 0.1000. The normalized spacial score (nSPS) is 25.1. The summed E-state index contributed by atoms with van der Waals surface area (Å²) < 4.78 is 1.21. The molecule has 4 heteroatoms. The molecule has 1 aromatic rings. The summed E-state index contributed by atoms with van der Waals surface area (Å²) in [5.41, 5.74) is 0.325. The predicted octanol–water partition coefficient (Wildman–Crippen LogP) is 4.50. The van der Waals surface area contributed by atoms with Gasteiger partial charge < -0.3 is 5.32 Å². The van der Waals surface area contributed by atoms with Gasteiger partial charge in [-0.3, -0.25) is 4.90 Å². The monoisotopic (exact) mass is 358 g/mol. The average molecular weight is 359 g/mol. The highest BCUT2D eigenvalue weighted by molar-refractivity contribution is 9.10. The second-order valence-electron chi connectivity index (χ2n) is 6.93. The Labute approximate surface area is 136 Å². The van der Waals surface area contributed by atoms with Crippen molar-refractivity contribution < 1.29 is 0 Å². The molecule has 0 amide bonds. The Morgan fingerprint density at radius 3 is 2.75 bits per heavy atom. The molecule has 0 saturated carbocycles. The summed E-state index contributed by atoms with van der Waals surface area (Å²) in [5, 5.41) is 5.96. The number of piperazine rings is 1. The fourth-order valence-corrected chi connectivity index (χ4v) is 4.36. The first-order valence-corrected chi connectivity index (χ1v) is 9.27. The molecule has 2 heterocycles. The van der Waals surface area contributed by atoms with Crippen LogP contribution in [-0.4, -0.2) is 30.1 Å². The lowest BCUT2D eigenvalue weighted by Crippen LogP contribution is -2.59. The minimum atomic E-state index is 0.325. The molecule has 1 aliphatic heterocycles. The Bertz CT molecular complexity index is 424. The minimum absolute atomic E-state index is 0.325. The Morgan fingerprint density at radius 1 is 1.45 bits per heavy atom. The van der Waals surface area contributed by atoms with E-state index in [4.69, 9.17) is 0 Å². The number of hydrogen-bond acceptors (Lipinski definition) is 3. The van der Waals surface area contributed by atoms with E-state index in [1.807, 2.05) is 11.3 Å². The molecule has 1 aromatic heterocycles. The highest BCUT2D eigenvalue weighted by Crippen LogP contribution is 2.28. The maximum Gasteiger partial charge on any atom is 0.0332 e. The lowest BCUT2D eigenvalue weighted by atomic mass is 9.84. The van der Waals surface area contributed by atoms with Gasteiger partial charge in [-0.15, -0.1) is 11.3 Å². The highest BCUT2D eigenvalue weighted by atomic mass is 79.9.